The SMILES string of the molecule is CC(C)C(=O)NC1CCOCC1. The molecule has 1 fully saturated rings. The molecule has 1 N–H and O–H groups in total. The van der Waals surface area contributed by atoms with E-state index >= 15 is 0 Å². The zero-order valence-corrected chi connectivity index (χ0v) is 7.80. The Bertz CT molecular complexity index is 151. The van der Waals surface area contributed by atoms with Gasteiger partial charge in [0.15, 0.2) is 0 Å². The summed E-state index contributed by atoms with van der Waals surface area (Å²) in [6.07, 6.45) is 1.91. The molecule has 1 amide bonds. The van der Waals surface area contributed by atoms with Crippen LogP contribution in [-0.4, -0.2) is 25.2 Å². The Morgan fingerprint density at radius 3 is 2.50 bits per heavy atom. The van der Waals surface area contributed by atoms with E-state index < -0.39 is 0 Å². The second kappa shape index (κ2) is 4.45. The minimum atomic E-state index is 0.0906. The molecule has 3 heteroatoms. The largest absolute Gasteiger partial charge is 0.381 e. The Kier molecular flexibility index (Phi) is 3.53. The van der Waals surface area contributed by atoms with Crippen LogP contribution in [0, 0.1) is 5.92 Å². The van der Waals surface area contributed by atoms with Crippen molar-refractivity contribution in [3.63, 3.8) is 0 Å². The van der Waals surface area contributed by atoms with Crippen LogP contribution in [0.3, 0.4) is 0 Å². The normalized spacial score (nSPS) is 19.6. The minimum Gasteiger partial charge on any atom is -0.381 e. The molecule has 0 bridgehead atoms. The first-order chi connectivity index (χ1) is 5.70. The van der Waals surface area contributed by atoms with Crippen molar-refractivity contribution in [3.05, 3.63) is 0 Å². The summed E-state index contributed by atoms with van der Waals surface area (Å²) in [6, 6.07) is 0.341. The van der Waals surface area contributed by atoms with Crippen LogP contribution < -0.4 is 5.32 Å². The van der Waals surface area contributed by atoms with Crippen molar-refractivity contribution in [1.29, 1.82) is 0 Å². The van der Waals surface area contributed by atoms with Gasteiger partial charge in [0.2, 0.25) is 5.91 Å². The Morgan fingerprint density at radius 2 is 2.00 bits per heavy atom. The lowest BCUT2D eigenvalue weighted by atomic mass is 10.1. The summed E-state index contributed by atoms with van der Waals surface area (Å²) in [5, 5.41) is 3.00. The first-order valence-electron chi connectivity index (χ1n) is 4.58. The maximum Gasteiger partial charge on any atom is 0.222 e. The minimum absolute atomic E-state index is 0.0906. The summed E-state index contributed by atoms with van der Waals surface area (Å²) in [6.45, 7) is 5.38. The second-order valence-electron chi connectivity index (χ2n) is 3.55. The predicted octanol–water partition coefficient (Wildman–Crippen LogP) is 0.938. The molecule has 0 aliphatic carbocycles. The van der Waals surface area contributed by atoms with E-state index in [-0.39, 0.29) is 11.8 Å². The molecule has 1 heterocycles. The third-order valence-corrected chi connectivity index (χ3v) is 2.09. The van der Waals surface area contributed by atoms with E-state index in [4.69, 9.17) is 4.74 Å². The summed E-state index contributed by atoms with van der Waals surface area (Å²) in [5.41, 5.74) is 0. The lowest BCUT2D eigenvalue weighted by Gasteiger charge is -2.23. The van der Waals surface area contributed by atoms with Crippen LogP contribution in [0.15, 0.2) is 0 Å². The molecule has 1 saturated heterocycles. The van der Waals surface area contributed by atoms with Gasteiger partial charge in [0.05, 0.1) is 0 Å². The Labute approximate surface area is 73.5 Å². The topological polar surface area (TPSA) is 38.3 Å². The molecule has 0 saturated carbocycles. The third-order valence-electron chi connectivity index (χ3n) is 2.09. The van der Waals surface area contributed by atoms with Gasteiger partial charge in [0.25, 0.3) is 0 Å². The van der Waals surface area contributed by atoms with E-state index in [2.05, 4.69) is 5.32 Å². The molecule has 0 atom stereocenters. The van der Waals surface area contributed by atoms with E-state index in [1.807, 2.05) is 13.8 Å². The standard InChI is InChI=1S/C9H17NO2/c1-7(2)9(11)10-8-3-5-12-6-4-8/h7-8H,3-6H2,1-2H3,(H,10,11). The van der Waals surface area contributed by atoms with Crippen LogP contribution in [0.25, 0.3) is 0 Å². The smallest absolute Gasteiger partial charge is 0.222 e. The molecular formula is C9H17NO2. The average molecular weight is 171 g/mol. The Hall–Kier alpha value is -0.570. The average Bonchev–Trinajstić information content (AvgIpc) is 2.06. The summed E-state index contributed by atoms with van der Waals surface area (Å²) >= 11 is 0. The monoisotopic (exact) mass is 171 g/mol. The van der Waals surface area contributed by atoms with Gasteiger partial charge >= 0.3 is 0 Å². The van der Waals surface area contributed by atoms with E-state index in [1.165, 1.54) is 0 Å². The van der Waals surface area contributed by atoms with Crippen molar-refractivity contribution in [2.45, 2.75) is 32.7 Å². The third kappa shape index (κ3) is 2.81. The van der Waals surface area contributed by atoms with Gasteiger partial charge in [0.1, 0.15) is 0 Å². The van der Waals surface area contributed by atoms with E-state index in [9.17, 15) is 4.79 Å². The first kappa shape index (κ1) is 9.52. The van der Waals surface area contributed by atoms with Crippen molar-refractivity contribution in [2.75, 3.05) is 13.2 Å². The zero-order chi connectivity index (χ0) is 8.97. The van der Waals surface area contributed by atoms with Gasteiger partial charge in [-0.3, -0.25) is 4.79 Å². The Morgan fingerprint density at radius 1 is 1.42 bits per heavy atom. The molecule has 1 rings (SSSR count). The fraction of sp³-hybridized carbons (Fsp3) is 0.889. The molecule has 0 aromatic heterocycles. The maximum absolute atomic E-state index is 11.3. The number of carbonyl (C=O) groups is 1. The molecule has 12 heavy (non-hydrogen) atoms. The van der Waals surface area contributed by atoms with Crippen LogP contribution >= 0.6 is 0 Å². The predicted molar refractivity (Wildman–Crippen MR) is 46.8 cm³/mol. The molecule has 1 aliphatic heterocycles. The molecule has 0 radical (unpaired) electrons. The van der Waals surface area contributed by atoms with Crippen molar-refractivity contribution in [3.8, 4) is 0 Å². The number of ether oxygens (including phenoxy) is 1. The number of carbonyl (C=O) groups excluding carboxylic acids is 1. The molecule has 0 unspecified atom stereocenters. The highest BCUT2D eigenvalue weighted by Gasteiger charge is 2.17. The van der Waals surface area contributed by atoms with Gasteiger partial charge in [-0.05, 0) is 12.8 Å². The summed E-state index contributed by atoms with van der Waals surface area (Å²) in [5.74, 6) is 0.245. The van der Waals surface area contributed by atoms with Crippen molar-refractivity contribution < 1.29 is 9.53 Å². The highest BCUT2D eigenvalue weighted by molar-refractivity contribution is 5.78. The van der Waals surface area contributed by atoms with E-state index in [0.29, 0.717) is 6.04 Å². The highest BCUT2D eigenvalue weighted by atomic mass is 16.5. The molecular weight excluding hydrogens is 154 g/mol. The van der Waals surface area contributed by atoms with E-state index in [1.54, 1.807) is 0 Å². The second-order valence-corrected chi connectivity index (χ2v) is 3.55. The molecule has 0 aromatic rings. The molecule has 3 nitrogen and oxygen atoms in total. The first-order valence-corrected chi connectivity index (χ1v) is 4.58. The van der Waals surface area contributed by atoms with E-state index in [0.717, 1.165) is 26.1 Å². The number of hydrogen-bond acceptors (Lipinski definition) is 2. The number of amides is 1. The lowest BCUT2D eigenvalue weighted by molar-refractivity contribution is -0.125. The van der Waals surface area contributed by atoms with Gasteiger partial charge in [-0.15, -0.1) is 0 Å². The van der Waals surface area contributed by atoms with Gasteiger partial charge < -0.3 is 10.1 Å². The van der Waals surface area contributed by atoms with Gasteiger partial charge in [-0.2, -0.15) is 0 Å². The molecule has 70 valence electrons. The van der Waals surface area contributed by atoms with Crippen molar-refractivity contribution in [1.82, 2.24) is 5.32 Å². The quantitative estimate of drug-likeness (QED) is 0.671. The van der Waals surface area contributed by atoms with Gasteiger partial charge in [-0.25, -0.2) is 0 Å². The number of rotatable bonds is 2. The summed E-state index contributed by atoms with van der Waals surface area (Å²) < 4.78 is 5.19. The van der Waals surface area contributed by atoms with Crippen LogP contribution in [0.5, 0.6) is 0 Å². The fourth-order valence-corrected chi connectivity index (χ4v) is 1.21. The fourth-order valence-electron chi connectivity index (χ4n) is 1.21. The summed E-state index contributed by atoms with van der Waals surface area (Å²) in [4.78, 5) is 11.3. The van der Waals surface area contributed by atoms with Crippen LogP contribution in [0.4, 0.5) is 0 Å². The van der Waals surface area contributed by atoms with Gasteiger partial charge in [0, 0.05) is 25.2 Å². The highest BCUT2D eigenvalue weighted by Crippen LogP contribution is 2.06. The number of hydrogen-bond donors (Lipinski definition) is 1. The molecule has 0 aromatic carbocycles. The van der Waals surface area contributed by atoms with Crippen molar-refractivity contribution in [2.24, 2.45) is 5.92 Å². The van der Waals surface area contributed by atoms with Crippen LogP contribution in [0.2, 0.25) is 0 Å². The molecule has 0 spiro atoms. The van der Waals surface area contributed by atoms with Gasteiger partial charge in [-0.1, -0.05) is 13.8 Å². The van der Waals surface area contributed by atoms with Crippen LogP contribution in [0.1, 0.15) is 26.7 Å². The number of nitrogens with one attached hydrogen (secondary N) is 1. The summed E-state index contributed by atoms with van der Waals surface area (Å²) in [7, 11) is 0. The van der Waals surface area contributed by atoms with Crippen LogP contribution in [-0.2, 0) is 9.53 Å². The van der Waals surface area contributed by atoms with Crippen molar-refractivity contribution >= 4 is 5.91 Å². The molecule has 1 aliphatic rings. The zero-order valence-electron chi connectivity index (χ0n) is 7.80. The Balaban J connectivity index is 2.24. The lowest BCUT2D eigenvalue weighted by Crippen LogP contribution is -2.40. The maximum atomic E-state index is 11.3.